The van der Waals surface area contributed by atoms with Crippen LogP contribution in [0.25, 0.3) is 11.4 Å². The lowest BCUT2D eigenvalue weighted by Gasteiger charge is -2.03. The SMILES string of the molecule is CCOC(=O)c1c(-c2ccccn2)n[nH]c1S(=O)(=O)Cl. The standard InChI is InChI=1S/C11H10ClN3O4S/c1-2-19-11(16)8-9(7-5-3-4-6-13-7)14-15-10(8)20(12,17)18/h3-6H,2H2,1H3,(H,14,15). The minimum Gasteiger partial charge on any atom is -0.462 e. The Morgan fingerprint density at radius 3 is 2.75 bits per heavy atom. The van der Waals surface area contributed by atoms with Crippen molar-refractivity contribution in [2.45, 2.75) is 11.9 Å². The maximum absolute atomic E-state index is 11.9. The molecule has 0 saturated heterocycles. The quantitative estimate of drug-likeness (QED) is 0.678. The Balaban J connectivity index is 2.65. The summed E-state index contributed by atoms with van der Waals surface area (Å²) in [6, 6.07) is 4.95. The van der Waals surface area contributed by atoms with Gasteiger partial charge in [0.1, 0.15) is 11.3 Å². The fourth-order valence-electron chi connectivity index (χ4n) is 1.58. The third kappa shape index (κ3) is 2.81. The van der Waals surface area contributed by atoms with Gasteiger partial charge in [0.25, 0.3) is 9.05 Å². The molecule has 0 fully saturated rings. The van der Waals surface area contributed by atoms with Crippen LogP contribution in [-0.2, 0) is 13.8 Å². The van der Waals surface area contributed by atoms with E-state index in [9.17, 15) is 13.2 Å². The molecular weight excluding hydrogens is 306 g/mol. The molecule has 0 aliphatic rings. The summed E-state index contributed by atoms with van der Waals surface area (Å²) in [5.41, 5.74) is 0.155. The molecule has 0 saturated carbocycles. The summed E-state index contributed by atoms with van der Waals surface area (Å²) >= 11 is 0. The van der Waals surface area contributed by atoms with E-state index in [1.54, 1.807) is 25.1 Å². The van der Waals surface area contributed by atoms with Gasteiger partial charge >= 0.3 is 5.97 Å². The maximum Gasteiger partial charge on any atom is 0.343 e. The number of rotatable bonds is 4. The molecule has 0 aromatic carbocycles. The number of carbonyl (C=O) groups excluding carboxylic acids is 1. The number of hydrogen-bond donors (Lipinski definition) is 1. The molecule has 2 rings (SSSR count). The van der Waals surface area contributed by atoms with E-state index in [-0.39, 0.29) is 17.9 Å². The molecule has 0 unspecified atom stereocenters. The molecule has 2 aromatic rings. The monoisotopic (exact) mass is 315 g/mol. The number of H-pyrrole nitrogens is 1. The molecule has 0 atom stereocenters. The second-order valence-electron chi connectivity index (χ2n) is 3.65. The average Bonchev–Trinajstić information content (AvgIpc) is 2.84. The molecule has 2 aromatic heterocycles. The highest BCUT2D eigenvalue weighted by molar-refractivity contribution is 8.13. The molecule has 7 nitrogen and oxygen atoms in total. The fraction of sp³-hybridized carbons (Fsp3) is 0.182. The van der Waals surface area contributed by atoms with Crippen molar-refractivity contribution in [3.8, 4) is 11.4 Å². The molecule has 20 heavy (non-hydrogen) atoms. The summed E-state index contributed by atoms with van der Waals surface area (Å²) in [6.07, 6.45) is 1.49. The third-order valence-corrected chi connectivity index (χ3v) is 3.61. The van der Waals surface area contributed by atoms with Crippen molar-refractivity contribution < 1.29 is 17.9 Å². The van der Waals surface area contributed by atoms with E-state index in [1.807, 2.05) is 0 Å². The van der Waals surface area contributed by atoms with Crippen molar-refractivity contribution in [1.82, 2.24) is 15.2 Å². The van der Waals surface area contributed by atoms with Gasteiger partial charge in [-0.15, -0.1) is 0 Å². The van der Waals surface area contributed by atoms with Crippen molar-refractivity contribution in [3.05, 3.63) is 30.0 Å². The average molecular weight is 316 g/mol. The summed E-state index contributed by atoms with van der Waals surface area (Å²) < 4.78 is 27.8. The molecule has 0 aliphatic carbocycles. The van der Waals surface area contributed by atoms with Crippen LogP contribution in [0.1, 0.15) is 17.3 Å². The van der Waals surface area contributed by atoms with Crippen molar-refractivity contribution in [2.24, 2.45) is 0 Å². The zero-order valence-corrected chi connectivity index (χ0v) is 11.9. The number of hydrogen-bond acceptors (Lipinski definition) is 6. The summed E-state index contributed by atoms with van der Waals surface area (Å²) in [6.45, 7) is 1.70. The molecule has 1 N–H and O–H groups in total. The van der Waals surface area contributed by atoms with Gasteiger partial charge < -0.3 is 4.74 Å². The van der Waals surface area contributed by atoms with Crippen LogP contribution in [-0.4, -0.2) is 36.2 Å². The van der Waals surface area contributed by atoms with Crippen LogP contribution >= 0.6 is 10.7 Å². The fourth-order valence-corrected chi connectivity index (χ4v) is 2.50. The Kier molecular flexibility index (Phi) is 4.05. The van der Waals surface area contributed by atoms with Crippen LogP contribution in [0, 0.1) is 0 Å². The van der Waals surface area contributed by atoms with Crippen molar-refractivity contribution in [2.75, 3.05) is 6.61 Å². The van der Waals surface area contributed by atoms with Crippen LogP contribution in [0.2, 0.25) is 0 Å². The van der Waals surface area contributed by atoms with Gasteiger partial charge in [-0.3, -0.25) is 10.1 Å². The number of esters is 1. The van der Waals surface area contributed by atoms with E-state index in [0.29, 0.717) is 5.69 Å². The molecule has 9 heteroatoms. The topological polar surface area (TPSA) is 102 Å². The molecule has 106 valence electrons. The Bertz CT molecular complexity index is 727. The lowest BCUT2D eigenvalue weighted by atomic mass is 10.2. The first-order valence-corrected chi connectivity index (χ1v) is 7.87. The van der Waals surface area contributed by atoms with Gasteiger partial charge in [0.2, 0.25) is 0 Å². The molecule has 0 bridgehead atoms. The molecule has 0 amide bonds. The largest absolute Gasteiger partial charge is 0.462 e. The lowest BCUT2D eigenvalue weighted by molar-refractivity contribution is 0.0523. The zero-order chi connectivity index (χ0) is 14.8. The molecule has 2 heterocycles. The van der Waals surface area contributed by atoms with E-state index in [0.717, 1.165) is 0 Å². The number of halogens is 1. The van der Waals surface area contributed by atoms with Gasteiger partial charge in [-0.1, -0.05) is 6.07 Å². The zero-order valence-electron chi connectivity index (χ0n) is 10.3. The van der Waals surface area contributed by atoms with Crippen molar-refractivity contribution in [3.63, 3.8) is 0 Å². The van der Waals surface area contributed by atoms with E-state index in [4.69, 9.17) is 15.4 Å². The number of aromatic amines is 1. The van der Waals surface area contributed by atoms with Gasteiger partial charge in [-0.05, 0) is 19.1 Å². The van der Waals surface area contributed by atoms with Gasteiger partial charge in [0.05, 0.1) is 12.3 Å². The van der Waals surface area contributed by atoms with Gasteiger partial charge in [0, 0.05) is 16.9 Å². The van der Waals surface area contributed by atoms with E-state index in [1.165, 1.54) is 6.20 Å². The highest BCUT2D eigenvalue weighted by Gasteiger charge is 2.29. The lowest BCUT2D eigenvalue weighted by Crippen LogP contribution is -2.09. The predicted octanol–water partition coefficient (Wildman–Crippen LogP) is 1.58. The number of pyridine rings is 1. The van der Waals surface area contributed by atoms with Crippen molar-refractivity contribution in [1.29, 1.82) is 0 Å². The Morgan fingerprint density at radius 2 is 2.20 bits per heavy atom. The smallest absolute Gasteiger partial charge is 0.343 e. The molecular formula is C11H10ClN3O4S. The van der Waals surface area contributed by atoms with E-state index < -0.39 is 20.0 Å². The first-order valence-electron chi connectivity index (χ1n) is 5.56. The Labute approximate surface area is 119 Å². The first-order chi connectivity index (χ1) is 9.45. The van der Waals surface area contributed by atoms with Crippen LogP contribution < -0.4 is 0 Å². The number of aromatic nitrogens is 3. The highest BCUT2D eigenvalue weighted by Crippen LogP contribution is 2.27. The normalized spacial score (nSPS) is 11.3. The summed E-state index contributed by atoms with van der Waals surface area (Å²) in [7, 11) is 1.12. The minimum absolute atomic E-state index is 0.0725. The molecule has 0 radical (unpaired) electrons. The van der Waals surface area contributed by atoms with Crippen LogP contribution in [0.15, 0.2) is 29.4 Å². The maximum atomic E-state index is 11.9. The Hall–Kier alpha value is -1.93. The van der Waals surface area contributed by atoms with Crippen LogP contribution in [0.5, 0.6) is 0 Å². The second kappa shape index (κ2) is 5.59. The number of nitrogens with zero attached hydrogens (tertiary/aromatic N) is 2. The summed E-state index contributed by atoms with van der Waals surface area (Å²) in [5, 5.41) is 5.54. The summed E-state index contributed by atoms with van der Waals surface area (Å²) in [4.78, 5) is 16.0. The second-order valence-corrected chi connectivity index (χ2v) is 6.15. The Morgan fingerprint density at radius 1 is 1.45 bits per heavy atom. The van der Waals surface area contributed by atoms with Crippen LogP contribution in [0.4, 0.5) is 0 Å². The van der Waals surface area contributed by atoms with E-state index in [2.05, 4.69) is 15.2 Å². The van der Waals surface area contributed by atoms with Gasteiger partial charge in [-0.25, -0.2) is 13.2 Å². The third-order valence-electron chi connectivity index (χ3n) is 2.36. The van der Waals surface area contributed by atoms with Gasteiger partial charge in [-0.2, -0.15) is 5.10 Å². The highest BCUT2D eigenvalue weighted by atomic mass is 35.7. The predicted molar refractivity (Wildman–Crippen MR) is 70.8 cm³/mol. The van der Waals surface area contributed by atoms with Gasteiger partial charge in [0.15, 0.2) is 5.03 Å². The summed E-state index contributed by atoms with van der Waals surface area (Å²) in [5.74, 6) is -0.832. The first kappa shape index (κ1) is 14.5. The number of nitrogens with one attached hydrogen (secondary N) is 1. The van der Waals surface area contributed by atoms with E-state index >= 15 is 0 Å². The van der Waals surface area contributed by atoms with Crippen molar-refractivity contribution >= 4 is 25.7 Å². The minimum atomic E-state index is -4.16. The van der Waals surface area contributed by atoms with Crippen LogP contribution in [0.3, 0.4) is 0 Å². The number of ether oxygens (including phenoxy) is 1. The molecule has 0 aliphatic heterocycles. The number of carbonyl (C=O) groups is 1. The molecule has 0 spiro atoms.